The molecule has 12 nitrogen and oxygen atoms in total. The minimum atomic E-state index is -1.49. The van der Waals surface area contributed by atoms with Gasteiger partial charge in [-0.15, -0.1) is 13.2 Å². The lowest BCUT2D eigenvalue weighted by atomic mass is 9.55. The van der Waals surface area contributed by atoms with Crippen molar-refractivity contribution in [2.45, 2.75) is 75.7 Å². The Kier molecular flexibility index (Phi) is 16.9. The Morgan fingerprint density at radius 2 is 1.81 bits per heavy atom. The molecule has 1 saturated carbocycles. The molecule has 6 unspecified atom stereocenters. The number of hydrogen-bond donors (Lipinski definition) is 3. The van der Waals surface area contributed by atoms with Crippen LogP contribution in [0, 0.1) is 23.6 Å². The molecule has 2 aliphatic carbocycles. The van der Waals surface area contributed by atoms with Crippen molar-refractivity contribution in [3.8, 4) is 11.5 Å². The molecule has 1 fully saturated rings. The number of halogens is 1. The molecule has 1 amide bonds. The first-order valence-electron chi connectivity index (χ1n) is 20.1. The lowest BCUT2D eigenvalue weighted by Gasteiger charge is -2.59. The molecule has 13 heteroatoms. The number of unbranched alkanes of at least 4 members (excludes halogenated alkanes) is 2. The number of allylic oxidation sites excluding steroid dienone is 1. The van der Waals surface area contributed by atoms with Crippen molar-refractivity contribution in [1.29, 1.82) is 0 Å². The lowest BCUT2D eigenvalue weighted by Crippen LogP contribution is -2.70. The molecule has 1 heterocycles. The number of oxime groups is 1. The van der Waals surface area contributed by atoms with E-state index < -0.39 is 23.8 Å². The Morgan fingerprint density at radius 3 is 2.53 bits per heavy atom. The van der Waals surface area contributed by atoms with Crippen LogP contribution in [0.3, 0.4) is 0 Å². The van der Waals surface area contributed by atoms with Crippen LogP contribution < -0.4 is 9.47 Å². The van der Waals surface area contributed by atoms with E-state index in [0.29, 0.717) is 42.0 Å². The summed E-state index contributed by atoms with van der Waals surface area (Å²) >= 11 is 0. The average Bonchev–Trinajstić information content (AvgIpc) is 3.21. The molecule has 1 aliphatic heterocycles. The molecule has 0 bridgehead atoms. The van der Waals surface area contributed by atoms with Gasteiger partial charge in [0.25, 0.3) is 0 Å². The van der Waals surface area contributed by atoms with Gasteiger partial charge >= 0.3 is 6.09 Å². The molecule has 3 aliphatic rings. The van der Waals surface area contributed by atoms with Crippen molar-refractivity contribution < 1.29 is 53.0 Å². The highest BCUT2D eigenvalue weighted by Gasteiger charge is 2.65. The minimum Gasteiger partial charge on any atom is -0.489 e. The van der Waals surface area contributed by atoms with Gasteiger partial charge < -0.3 is 43.8 Å². The summed E-state index contributed by atoms with van der Waals surface area (Å²) in [6.07, 6.45) is 10.0. The zero-order valence-corrected chi connectivity index (χ0v) is 33.1. The van der Waals surface area contributed by atoms with E-state index in [0.717, 1.165) is 36.8 Å². The van der Waals surface area contributed by atoms with Gasteiger partial charge in [-0.1, -0.05) is 54.4 Å². The second kappa shape index (κ2) is 22.0. The number of nitrogens with zero attached hydrogens (tertiary/aromatic N) is 2. The maximum Gasteiger partial charge on any atom is 0.410 e. The van der Waals surface area contributed by atoms with Crippen LogP contribution in [0.1, 0.15) is 68.4 Å². The number of amides is 1. The molecule has 2 aromatic rings. The topological polar surface area (TPSA) is 149 Å². The smallest absolute Gasteiger partial charge is 0.410 e. The van der Waals surface area contributed by atoms with Crippen LogP contribution in [0.4, 0.5) is 9.18 Å². The van der Waals surface area contributed by atoms with Gasteiger partial charge in [0.15, 0.2) is 0 Å². The third kappa shape index (κ3) is 10.4. The van der Waals surface area contributed by atoms with Crippen LogP contribution in [-0.2, 0) is 25.7 Å². The zero-order valence-electron chi connectivity index (χ0n) is 33.1. The summed E-state index contributed by atoms with van der Waals surface area (Å²) in [6.45, 7) is 8.22. The molecule has 3 N–H and O–H groups in total. The van der Waals surface area contributed by atoms with Gasteiger partial charge in [0.2, 0.25) is 5.79 Å². The highest BCUT2D eigenvalue weighted by atomic mass is 19.1. The second-order valence-electron chi connectivity index (χ2n) is 14.6. The predicted octanol–water partition coefficient (Wildman–Crippen LogP) is 6.69. The first kappa shape index (κ1) is 43.8. The highest BCUT2D eigenvalue weighted by Crippen LogP contribution is 2.62. The Balaban J connectivity index is 1.72. The number of rotatable bonds is 24. The number of fused-ring (bicyclic) bond motifs is 2. The van der Waals surface area contributed by atoms with Crippen molar-refractivity contribution in [3.05, 3.63) is 96.4 Å². The summed E-state index contributed by atoms with van der Waals surface area (Å²) in [6, 6.07) is 11.3. The highest BCUT2D eigenvalue weighted by molar-refractivity contribution is 6.02. The second-order valence-corrected chi connectivity index (χ2v) is 14.6. The zero-order chi connectivity index (χ0) is 40.6. The van der Waals surface area contributed by atoms with Crippen molar-refractivity contribution in [2.24, 2.45) is 22.9 Å². The van der Waals surface area contributed by atoms with Crippen LogP contribution in [0.15, 0.2) is 84.6 Å². The quantitative estimate of drug-likeness (QED) is 0.0597. The largest absolute Gasteiger partial charge is 0.489 e. The van der Waals surface area contributed by atoms with Gasteiger partial charge in [-0.3, -0.25) is 4.90 Å². The Hall–Kier alpha value is -4.27. The number of aliphatic hydroxyl groups excluding tert-OH is 3. The van der Waals surface area contributed by atoms with Gasteiger partial charge in [-0.05, 0) is 73.8 Å². The monoisotopic (exact) mass is 794 g/mol. The first-order chi connectivity index (χ1) is 27.9. The summed E-state index contributed by atoms with van der Waals surface area (Å²) in [5.74, 6) is -1.51. The molecule has 0 saturated heterocycles. The van der Waals surface area contributed by atoms with E-state index in [1.165, 1.54) is 13.2 Å². The number of carbonyl (C=O) groups is 1. The van der Waals surface area contributed by atoms with Gasteiger partial charge in [0, 0.05) is 43.2 Å². The molecule has 6 atom stereocenters. The molecule has 0 spiro atoms. The maximum atomic E-state index is 14.7. The Labute approximate surface area is 335 Å². The third-order valence-electron chi connectivity index (χ3n) is 11.1. The van der Waals surface area contributed by atoms with Crippen LogP contribution >= 0.6 is 0 Å². The van der Waals surface area contributed by atoms with E-state index in [1.54, 1.807) is 41.3 Å². The predicted molar refractivity (Wildman–Crippen MR) is 213 cm³/mol. The number of carbonyl (C=O) groups excluding carboxylic acids is 1. The van der Waals surface area contributed by atoms with E-state index in [2.05, 4.69) is 24.4 Å². The summed E-state index contributed by atoms with van der Waals surface area (Å²) < 4.78 is 46.5. The fourth-order valence-electron chi connectivity index (χ4n) is 8.64. The molecule has 57 heavy (non-hydrogen) atoms. The molecule has 5 rings (SSSR count). The maximum absolute atomic E-state index is 14.7. The van der Waals surface area contributed by atoms with E-state index >= 15 is 0 Å². The summed E-state index contributed by atoms with van der Waals surface area (Å²) in [5, 5.41) is 33.7. The lowest BCUT2D eigenvalue weighted by molar-refractivity contribution is -0.256. The number of hydrogen-bond acceptors (Lipinski definition) is 11. The normalized spacial score (nSPS) is 24.1. The van der Waals surface area contributed by atoms with Crippen molar-refractivity contribution in [3.63, 3.8) is 0 Å². The van der Waals surface area contributed by atoms with Crippen LogP contribution in [0.25, 0.3) is 0 Å². The van der Waals surface area contributed by atoms with Gasteiger partial charge in [0.1, 0.15) is 37.1 Å². The van der Waals surface area contributed by atoms with Gasteiger partial charge in [0.05, 0.1) is 44.7 Å². The van der Waals surface area contributed by atoms with Crippen LogP contribution in [-0.4, -0.2) is 104 Å². The van der Waals surface area contributed by atoms with E-state index in [4.69, 9.17) is 28.5 Å². The standard InChI is InChI=1S/C44H59FN2O10/c1-4-6-24-54-43(51)47(19-25-53-26-22-50)40-29-38(46-52-3)35-27-31(13-9-11-20-48)34(15-10-12-21-49)41-36-28-33(55-30-32-14-7-8-16-37(32)45)17-18-39(36)57-44(40,42(35)41)56-23-5-2/h4-5,7-8,14,16-18,27-28,31,34,40-42,48-50H,1-2,6,9-13,15,19-26,29-30H2,3H3. The van der Waals surface area contributed by atoms with Crippen molar-refractivity contribution >= 4 is 11.8 Å². The fraction of sp³-hybridized carbons (Fsp3) is 0.545. The molecule has 2 aromatic carbocycles. The third-order valence-corrected chi connectivity index (χ3v) is 11.1. The minimum absolute atomic E-state index is 0.00333. The SMILES string of the molecule is C=CCCOC(=O)N(CCOCCO)C1CC(=NOC)C2=CC(CCCCO)C(CCCCO)C3c4cc(OCc5ccccc5F)ccc4OC1(OCC=C)C23. The number of benzene rings is 2. The van der Waals surface area contributed by atoms with Crippen LogP contribution in [0.5, 0.6) is 11.5 Å². The van der Waals surface area contributed by atoms with E-state index in [-0.39, 0.29) is 89.4 Å². The Morgan fingerprint density at radius 1 is 1.02 bits per heavy atom. The van der Waals surface area contributed by atoms with E-state index in [1.807, 2.05) is 12.1 Å². The van der Waals surface area contributed by atoms with Crippen molar-refractivity contribution in [2.75, 3.05) is 59.9 Å². The first-order valence-corrected chi connectivity index (χ1v) is 20.1. The van der Waals surface area contributed by atoms with Crippen LogP contribution in [0.2, 0.25) is 0 Å². The summed E-state index contributed by atoms with van der Waals surface area (Å²) in [5.41, 5.74) is 2.82. The molecule has 312 valence electrons. The fourth-order valence-corrected chi connectivity index (χ4v) is 8.64. The van der Waals surface area contributed by atoms with Gasteiger partial charge in [-0.2, -0.15) is 0 Å². The molecular weight excluding hydrogens is 735 g/mol. The molecule has 0 radical (unpaired) electrons. The average molecular weight is 795 g/mol. The van der Waals surface area contributed by atoms with E-state index in [9.17, 15) is 24.5 Å². The molecular formula is C44H59FN2O10. The number of ether oxygens (including phenoxy) is 5. The Bertz CT molecular complexity index is 1690. The number of aliphatic hydroxyl groups is 3. The molecule has 0 aromatic heterocycles. The van der Waals surface area contributed by atoms with Gasteiger partial charge in [-0.25, -0.2) is 9.18 Å². The summed E-state index contributed by atoms with van der Waals surface area (Å²) in [4.78, 5) is 21.3. The van der Waals surface area contributed by atoms with Crippen molar-refractivity contribution in [1.82, 2.24) is 4.90 Å². The summed E-state index contributed by atoms with van der Waals surface area (Å²) in [7, 11) is 1.49.